The molecule has 0 spiro atoms. The Morgan fingerprint density at radius 1 is 1.53 bits per heavy atom. The van der Waals surface area contributed by atoms with Crippen LogP contribution in [0.4, 0.5) is 5.13 Å². The van der Waals surface area contributed by atoms with Crippen LogP contribution in [0.2, 0.25) is 0 Å². The maximum Gasteiger partial charge on any atom is 0.311 e. The van der Waals surface area contributed by atoms with E-state index < -0.39 is 0 Å². The largest absolute Gasteiger partial charge is 0.469 e. The minimum Gasteiger partial charge on any atom is -0.469 e. The van der Waals surface area contributed by atoms with Crippen molar-refractivity contribution in [1.82, 2.24) is 14.8 Å². The molecule has 2 aromatic heterocycles. The standard InChI is InChI=1S/C11H12N4O3S/c1-15-8(3-4-12-15)10(17)14-11-13-7(6-19-11)5-9(16)18-2/h3-4,6H,5H2,1-2H3,(H,13,14,17). The average Bonchev–Trinajstić information content (AvgIpc) is 2.98. The van der Waals surface area contributed by atoms with Crippen LogP contribution in [0, 0.1) is 0 Å². The van der Waals surface area contributed by atoms with Gasteiger partial charge in [-0.2, -0.15) is 5.10 Å². The van der Waals surface area contributed by atoms with E-state index in [2.05, 4.69) is 20.1 Å². The molecule has 0 aliphatic carbocycles. The zero-order valence-corrected chi connectivity index (χ0v) is 11.2. The summed E-state index contributed by atoms with van der Waals surface area (Å²) in [7, 11) is 3.00. The molecular formula is C11H12N4O3S. The lowest BCUT2D eigenvalue weighted by Crippen LogP contribution is -2.16. The van der Waals surface area contributed by atoms with Crippen LogP contribution in [0.1, 0.15) is 16.2 Å². The Kier molecular flexibility index (Phi) is 3.91. The molecule has 0 aliphatic heterocycles. The number of amides is 1. The molecule has 2 heterocycles. The summed E-state index contributed by atoms with van der Waals surface area (Å²) in [5.41, 5.74) is 1.00. The summed E-state index contributed by atoms with van der Waals surface area (Å²) >= 11 is 1.25. The number of methoxy groups -OCH3 is 1. The molecule has 7 nitrogen and oxygen atoms in total. The smallest absolute Gasteiger partial charge is 0.311 e. The van der Waals surface area contributed by atoms with E-state index in [0.29, 0.717) is 16.5 Å². The number of carbonyl (C=O) groups is 2. The maximum absolute atomic E-state index is 11.9. The number of esters is 1. The second-order valence-corrected chi connectivity index (χ2v) is 4.55. The lowest BCUT2D eigenvalue weighted by molar-refractivity contribution is -0.139. The van der Waals surface area contributed by atoms with Crippen molar-refractivity contribution >= 4 is 28.3 Å². The number of carbonyl (C=O) groups excluding carboxylic acids is 2. The van der Waals surface area contributed by atoms with Crippen molar-refractivity contribution in [3.05, 3.63) is 29.0 Å². The number of ether oxygens (including phenoxy) is 1. The highest BCUT2D eigenvalue weighted by atomic mass is 32.1. The van der Waals surface area contributed by atoms with E-state index in [0.717, 1.165) is 0 Å². The molecule has 0 aliphatic rings. The van der Waals surface area contributed by atoms with Crippen LogP contribution in [0.5, 0.6) is 0 Å². The number of hydrogen-bond acceptors (Lipinski definition) is 6. The van der Waals surface area contributed by atoms with E-state index in [4.69, 9.17) is 0 Å². The van der Waals surface area contributed by atoms with Gasteiger partial charge in [-0.15, -0.1) is 11.3 Å². The number of thiazole rings is 1. The van der Waals surface area contributed by atoms with Crippen LogP contribution in [-0.4, -0.2) is 33.8 Å². The van der Waals surface area contributed by atoms with Gasteiger partial charge in [0.1, 0.15) is 5.69 Å². The van der Waals surface area contributed by atoms with Gasteiger partial charge in [-0.25, -0.2) is 4.98 Å². The second-order valence-electron chi connectivity index (χ2n) is 3.69. The molecule has 0 aromatic carbocycles. The van der Waals surface area contributed by atoms with Crippen molar-refractivity contribution in [2.75, 3.05) is 12.4 Å². The summed E-state index contributed by atoms with van der Waals surface area (Å²) in [5, 5.41) is 8.70. The molecule has 1 N–H and O–H groups in total. The first-order chi connectivity index (χ1) is 9.10. The van der Waals surface area contributed by atoms with Gasteiger partial charge >= 0.3 is 5.97 Å². The highest BCUT2D eigenvalue weighted by Crippen LogP contribution is 2.17. The molecule has 0 fully saturated rings. The number of aryl methyl sites for hydroxylation is 1. The first-order valence-corrected chi connectivity index (χ1v) is 6.28. The third-order valence-electron chi connectivity index (χ3n) is 2.38. The van der Waals surface area contributed by atoms with Crippen LogP contribution >= 0.6 is 11.3 Å². The molecule has 0 saturated carbocycles. The van der Waals surface area contributed by atoms with Gasteiger partial charge in [0.2, 0.25) is 0 Å². The van der Waals surface area contributed by atoms with E-state index in [1.807, 2.05) is 0 Å². The van der Waals surface area contributed by atoms with Gasteiger partial charge in [0.25, 0.3) is 5.91 Å². The Morgan fingerprint density at radius 3 is 2.95 bits per heavy atom. The summed E-state index contributed by atoms with van der Waals surface area (Å²) in [6, 6.07) is 1.61. The molecular weight excluding hydrogens is 268 g/mol. The summed E-state index contributed by atoms with van der Waals surface area (Å²) in [6.07, 6.45) is 1.63. The molecule has 8 heteroatoms. The number of rotatable bonds is 4. The summed E-state index contributed by atoms with van der Waals surface area (Å²) in [6.45, 7) is 0. The molecule has 0 bridgehead atoms. The van der Waals surface area contributed by atoms with E-state index in [9.17, 15) is 9.59 Å². The lowest BCUT2D eigenvalue weighted by atomic mass is 10.3. The number of hydrogen-bond donors (Lipinski definition) is 1. The normalized spacial score (nSPS) is 10.2. The van der Waals surface area contributed by atoms with Crippen LogP contribution < -0.4 is 5.32 Å². The van der Waals surface area contributed by atoms with Crippen molar-refractivity contribution in [2.45, 2.75) is 6.42 Å². The van der Waals surface area contributed by atoms with Crippen molar-refractivity contribution in [1.29, 1.82) is 0 Å². The van der Waals surface area contributed by atoms with E-state index >= 15 is 0 Å². The van der Waals surface area contributed by atoms with E-state index in [1.165, 1.54) is 23.1 Å². The van der Waals surface area contributed by atoms with Crippen LogP contribution in [0.15, 0.2) is 17.6 Å². The minimum atomic E-state index is -0.366. The Hall–Kier alpha value is -2.22. The number of nitrogens with zero attached hydrogens (tertiary/aromatic N) is 3. The third-order valence-corrected chi connectivity index (χ3v) is 3.19. The van der Waals surface area contributed by atoms with Gasteiger partial charge in [-0.05, 0) is 6.07 Å². The molecule has 2 rings (SSSR count). The van der Waals surface area contributed by atoms with E-state index in [-0.39, 0.29) is 18.3 Å². The summed E-state index contributed by atoms with van der Waals surface area (Å²) < 4.78 is 6.02. The average molecular weight is 280 g/mol. The van der Waals surface area contributed by atoms with Crippen molar-refractivity contribution in [3.63, 3.8) is 0 Å². The topological polar surface area (TPSA) is 86.1 Å². The first kappa shape index (κ1) is 13.2. The third kappa shape index (κ3) is 3.16. The molecule has 19 heavy (non-hydrogen) atoms. The molecule has 100 valence electrons. The fourth-order valence-corrected chi connectivity index (χ4v) is 2.13. The van der Waals surface area contributed by atoms with Crippen LogP contribution in [0.3, 0.4) is 0 Å². The summed E-state index contributed by atoms with van der Waals surface area (Å²) in [5.74, 6) is -0.659. The Bertz CT molecular complexity index is 605. The lowest BCUT2D eigenvalue weighted by Gasteiger charge is -2.01. The van der Waals surface area contributed by atoms with Gasteiger partial charge in [0.15, 0.2) is 5.13 Å². The quantitative estimate of drug-likeness (QED) is 0.839. The summed E-state index contributed by atoms with van der Waals surface area (Å²) in [4.78, 5) is 27.1. The van der Waals surface area contributed by atoms with Gasteiger partial charge in [0, 0.05) is 18.6 Å². The molecule has 0 unspecified atom stereocenters. The Balaban J connectivity index is 2.02. The van der Waals surface area contributed by atoms with Gasteiger partial charge in [-0.3, -0.25) is 19.6 Å². The van der Waals surface area contributed by atoms with Crippen LogP contribution in [-0.2, 0) is 23.0 Å². The predicted molar refractivity (Wildman–Crippen MR) is 69.0 cm³/mol. The number of anilines is 1. The fourth-order valence-electron chi connectivity index (χ4n) is 1.42. The maximum atomic E-state index is 11.9. The molecule has 0 atom stereocenters. The van der Waals surface area contributed by atoms with Gasteiger partial charge < -0.3 is 4.74 Å². The minimum absolute atomic E-state index is 0.0918. The molecule has 1 amide bonds. The molecule has 0 radical (unpaired) electrons. The highest BCUT2D eigenvalue weighted by molar-refractivity contribution is 7.14. The van der Waals surface area contributed by atoms with E-state index in [1.54, 1.807) is 24.7 Å². The van der Waals surface area contributed by atoms with Crippen molar-refractivity contribution in [3.8, 4) is 0 Å². The molecule has 0 saturated heterocycles. The zero-order valence-electron chi connectivity index (χ0n) is 10.4. The van der Waals surface area contributed by atoms with Crippen molar-refractivity contribution < 1.29 is 14.3 Å². The SMILES string of the molecule is COC(=O)Cc1csc(NC(=O)c2ccnn2C)n1. The first-order valence-electron chi connectivity index (χ1n) is 5.40. The highest BCUT2D eigenvalue weighted by Gasteiger charge is 2.13. The Morgan fingerprint density at radius 2 is 2.32 bits per heavy atom. The van der Waals surface area contributed by atoms with Crippen LogP contribution in [0.25, 0.3) is 0 Å². The van der Waals surface area contributed by atoms with Crippen molar-refractivity contribution in [2.24, 2.45) is 7.05 Å². The fraction of sp³-hybridized carbons (Fsp3) is 0.273. The Labute approximate surface area is 113 Å². The van der Waals surface area contributed by atoms with Gasteiger partial charge in [-0.1, -0.05) is 0 Å². The second kappa shape index (κ2) is 5.61. The number of nitrogens with one attached hydrogen (secondary N) is 1. The molecule has 2 aromatic rings. The number of aromatic nitrogens is 3. The van der Waals surface area contributed by atoms with Gasteiger partial charge in [0.05, 0.1) is 19.2 Å². The predicted octanol–water partition coefficient (Wildman–Crippen LogP) is 0.844. The zero-order chi connectivity index (χ0) is 13.8. The monoisotopic (exact) mass is 280 g/mol.